The fourth-order valence-corrected chi connectivity index (χ4v) is 3.82. The van der Waals surface area contributed by atoms with Crippen molar-refractivity contribution in [1.29, 1.82) is 0 Å². The molecule has 0 bridgehead atoms. The first-order valence-corrected chi connectivity index (χ1v) is 10.6. The zero-order valence-corrected chi connectivity index (χ0v) is 16.7. The van der Waals surface area contributed by atoms with Gasteiger partial charge in [0.2, 0.25) is 10.0 Å². The van der Waals surface area contributed by atoms with Crippen molar-refractivity contribution in [3.8, 4) is 5.75 Å². The van der Waals surface area contributed by atoms with E-state index in [1.807, 2.05) is 54.6 Å². The van der Waals surface area contributed by atoms with Crippen LogP contribution in [0.3, 0.4) is 0 Å². The Morgan fingerprint density at radius 3 is 2.40 bits per heavy atom. The number of rotatable bonds is 9. The summed E-state index contributed by atoms with van der Waals surface area (Å²) in [6.45, 7) is 0.515. The maximum Gasteiger partial charge on any atom is 0.338 e. The van der Waals surface area contributed by atoms with Gasteiger partial charge in [0, 0.05) is 6.54 Å². The molecule has 0 aromatic heterocycles. The van der Waals surface area contributed by atoms with Crippen molar-refractivity contribution < 1.29 is 27.4 Å². The number of benzene rings is 3. The SMILES string of the molecule is O=C(O)c1ccc(S(=O)(=O)NCCc2cccc(OCc3ccccc3)c2)cc1F. The third-order valence-corrected chi connectivity index (χ3v) is 5.79. The lowest BCUT2D eigenvalue weighted by atomic mass is 10.1. The molecule has 30 heavy (non-hydrogen) atoms. The van der Waals surface area contributed by atoms with Crippen molar-refractivity contribution in [1.82, 2.24) is 4.72 Å². The van der Waals surface area contributed by atoms with Crippen molar-refractivity contribution in [2.45, 2.75) is 17.9 Å². The molecule has 0 amide bonds. The van der Waals surface area contributed by atoms with Gasteiger partial charge in [-0.25, -0.2) is 22.3 Å². The fourth-order valence-electron chi connectivity index (χ4n) is 2.78. The molecule has 8 heteroatoms. The van der Waals surface area contributed by atoms with E-state index in [1.165, 1.54) is 0 Å². The second-order valence-corrected chi connectivity index (χ2v) is 8.28. The van der Waals surface area contributed by atoms with E-state index in [2.05, 4.69) is 4.72 Å². The topological polar surface area (TPSA) is 92.7 Å². The first-order chi connectivity index (χ1) is 14.3. The number of aromatic carboxylic acids is 1. The molecule has 156 valence electrons. The molecular weight excluding hydrogens is 409 g/mol. The maximum atomic E-state index is 13.8. The highest BCUT2D eigenvalue weighted by Gasteiger charge is 2.18. The highest BCUT2D eigenvalue weighted by molar-refractivity contribution is 7.89. The largest absolute Gasteiger partial charge is 0.489 e. The van der Waals surface area contributed by atoms with Crippen molar-refractivity contribution >= 4 is 16.0 Å². The zero-order valence-electron chi connectivity index (χ0n) is 15.9. The van der Waals surface area contributed by atoms with Gasteiger partial charge < -0.3 is 9.84 Å². The molecule has 0 spiro atoms. The molecule has 3 aromatic carbocycles. The second-order valence-electron chi connectivity index (χ2n) is 6.52. The van der Waals surface area contributed by atoms with Gasteiger partial charge in [-0.2, -0.15) is 0 Å². The van der Waals surface area contributed by atoms with Crippen LogP contribution in [-0.2, 0) is 23.1 Å². The maximum absolute atomic E-state index is 13.8. The van der Waals surface area contributed by atoms with E-state index in [9.17, 15) is 17.6 Å². The smallest absolute Gasteiger partial charge is 0.338 e. The van der Waals surface area contributed by atoms with Crippen molar-refractivity contribution in [2.75, 3.05) is 6.54 Å². The molecule has 0 saturated heterocycles. The molecule has 3 aromatic rings. The predicted molar refractivity (Wildman–Crippen MR) is 109 cm³/mol. The van der Waals surface area contributed by atoms with Gasteiger partial charge in [-0.15, -0.1) is 0 Å². The molecule has 0 saturated carbocycles. The van der Waals surface area contributed by atoms with E-state index in [0.29, 0.717) is 24.8 Å². The molecule has 3 rings (SSSR count). The summed E-state index contributed by atoms with van der Waals surface area (Å²) in [7, 11) is -3.97. The van der Waals surface area contributed by atoms with Gasteiger partial charge in [-0.05, 0) is 47.9 Å². The van der Waals surface area contributed by atoms with Crippen LogP contribution >= 0.6 is 0 Å². The third-order valence-electron chi connectivity index (χ3n) is 4.33. The summed E-state index contributed by atoms with van der Waals surface area (Å²) in [6, 6.07) is 19.7. The average molecular weight is 429 g/mol. The second kappa shape index (κ2) is 9.51. The van der Waals surface area contributed by atoms with E-state index < -0.39 is 27.4 Å². The Morgan fingerprint density at radius 1 is 0.967 bits per heavy atom. The molecule has 0 aliphatic rings. The Kier molecular flexibility index (Phi) is 6.81. The van der Waals surface area contributed by atoms with Crippen LogP contribution in [-0.4, -0.2) is 26.0 Å². The van der Waals surface area contributed by atoms with E-state index >= 15 is 0 Å². The molecule has 2 N–H and O–H groups in total. The minimum Gasteiger partial charge on any atom is -0.489 e. The van der Waals surface area contributed by atoms with Gasteiger partial charge in [0.05, 0.1) is 10.5 Å². The number of sulfonamides is 1. The van der Waals surface area contributed by atoms with E-state index in [4.69, 9.17) is 9.84 Å². The number of halogens is 1. The molecular formula is C22H20FNO5S. The van der Waals surface area contributed by atoms with Crippen molar-refractivity contribution in [3.63, 3.8) is 0 Å². The van der Waals surface area contributed by atoms with Crippen LogP contribution in [0.2, 0.25) is 0 Å². The normalized spacial score (nSPS) is 11.2. The van der Waals surface area contributed by atoms with Crippen LogP contribution in [0.15, 0.2) is 77.7 Å². The molecule has 0 heterocycles. The summed E-state index contributed by atoms with van der Waals surface area (Å²) in [5.74, 6) is -1.89. The quantitative estimate of drug-likeness (QED) is 0.542. The van der Waals surface area contributed by atoms with Crippen LogP contribution < -0.4 is 9.46 Å². The monoisotopic (exact) mass is 429 g/mol. The van der Waals surface area contributed by atoms with Crippen LogP contribution in [0.25, 0.3) is 0 Å². The Bertz CT molecular complexity index is 1130. The van der Waals surface area contributed by atoms with E-state index in [1.54, 1.807) is 0 Å². The number of hydrogen-bond donors (Lipinski definition) is 2. The van der Waals surface area contributed by atoms with Crippen LogP contribution in [0, 0.1) is 5.82 Å². The Balaban J connectivity index is 1.58. The lowest BCUT2D eigenvalue weighted by Crippen LogP contribution is -2.26. The van der Waals surface area contributed by atoms with Crippen LogP contribution in [0.1, 0.15) is 21.5 Å². The number of carbonyl (C=O) groups is 1. The van der Waals surface area contributed by atoms with Gasteiger partial charge in [0.1, 0.15) is 18.2 Å². The minimum absolute atomic E-state index is 0.0901. The lowest BCUT2D eigenvalue weighted by molar-refractivity contribution is 0.0691. The fraction of sp³-hybridized carbons (Fsp3) is 0.136. The number of carboxylic acid groups (broad SMARTS) is 1. The van der Waals surface area contributed by atoms with E-state index in [-0.39, 0.29) is 11.4 Å². The molecule has 0 radical (unpaired) electrons. The standard InChI is InChI=1S/C22H20FNO5S/c23-21-14-19(9-10-20(21)22(25)26)30(27,28)24-12-11-16-7-4-8-18(13-16)29-15-17-5-2-1-3-6-17/h1-10,13-14,24H,11-12,15H2,(H,25,26). The average Bonchev–Trinajstić information content (AvgIpc) is 2.73. The summed E-state index contributed by atoms with van der Waals surface area (Å²) < 4.78 is 46.6. The molecule has 0 unspecified atom stereocenters. The summed E-state index contributed by atoms with van der Waals surface area (Å²) in [4.78, 5) is 10.5. The third kappa shape index (κ3) is 5.65. The van der Waals surface area contributed by atoms with Gasteiger partial charge in [-0.3, -0.25) is 0 Å². The van der Waals surface area contributed by atoms with Gasteiger partial charge in [0.25, 0.3) is 0 Å². The number of ether oxygens (including phenoxy) is 1. The van der Waals surface area contributed by atoms with Gasteiger partial charge >= 0.3 is 5.97 Å². The van der Waals surface area contributed by atoms with Crippen LogP contribution in [0.4, 0.5) is 4.39 Å². The minimum atomic E-state index is -3.97. The lowest BCUT2D eigenvalue weighted by Gasteiger charge is -2.10. The van der Waals surface area contributed by atoms with Crippen molar-refractivity contribution in [2.24, 2.45) is 0 Å². The Hall–Kier alpha value is -3.23. The van der Waals surface area contributed by atoms with E-state index in [0.717, 1.165) is 23.3 Å². The summed E-state index contributed by atoms with van der Waals surface area (Å²) in [5, 5.41) is 8.84. The first-order valence-electron chi connectivity index (χ1n) is 9.13. The molecule has 0 atom stereocenters. The molecule has 6 nitrogen and oxygen atoms in total. The predicted octanol–water partition coefficient (Wildman–Crippen LogP) is 3.62. The number of nitrogens with one attached hydrogen (secondary N) is 1. The molecule has 0 fully saturated rings. The molecule has 0 aliphatic heterocycles. The molecule has 0 aliphatic carbocycles. The first kappa shape index (κ1) is 21.5. The number of carboxylic acids is 1. The zero-order chi connectivity index (χ0) is 21.6. The highest BCUT2D eigenvalue weighted by atomic mass is 32.2. The van der Waals surface area contributed by atoms with Crippen LogP contribution in [0.5, 0.6) is 5.75 Å². The Morgan fingerprint density at radius 2 is 1.70 bits per heavy atom. The summed E-state index contributed by atoms with van der Waals surface area (Å²) >= 11 is 0. The van der Waals surface area contributed by atoms with Gasteiger partial charge in [-0.1, -0.05) is 42.5 Å². The Labute approximate surface area is 174 Å². The summed E-state index contributed by atoms with van der Waals surface area (Å²) in [5.41, 5.74) is 1.33. The van der Waals surface area contributed by atoms with Crippen molar-refractivity contribution in [3.05, 3.63) is 95.3 Å². The number of hydrogen-bond acceptors (Lipinski definition) is 4. The van der Waals surface area contributed by atoms with Gasteiger partial charge in [0.15, 0.2) is 0 Å². The summed E-state index contributed by atoms with van der Waals surface area (Å²) in [6.07, 6.45) is 0.400. The highest BCUT2D eigenvalue weighted by Crippen LogP contribution is 2.17.